The minimum atomic E-state index is -0.577. The predicted octanol–water partition coefficient (Wildman–Crippen LogP) is 5.27. The highest BCUT2D eigenvalue weighted by Crippen LogP contribution is 2.33. The molecule has 0 atom stereocenters. The lowest BCUT2D eigenvalue weighted by molar-refractivity contribution is 0.00108. The van der Waals surface area contributed by atoms with Gasteiger partial charge in [0.15, 0.2) is 0 Å². The average Bonchev–Trinajstić information content (AvgIpc) is 2.70. The Morgan fingerprint density at radius 2 is 1.65 bits per heavy atom. The van der Waals surface area contributed by atoms with Gasteiger partial charge in [0, 0.05) is 11.1 Å². The van der Waals surface area contributed by atoms with E-state index in [2.05, 4.69) is 57.3 Å². The van der Waals surface area contributed by atoms with E-state index in [4.69, 9.17) is 0 Å². The highest BCUT2D eigenvalue weighted by Gasteiger charge is 2.30. The average molecular weight is 290 g/mol. The number of fused-ring (bicyclic) bond motifs is 1. The molecule has 1 N–H and O–H groups in total. The zero-order valence-corrected chi connectivity index (χ0v) is 13.8. The van der Waals surface area contributed by atoms with Crippen LogP contribution in [0.1, 0.15) is 46.1 Å². The Labute approximate surface area is 126 Å². The fourth-order valence-electron chi connectivity index (χ4n) is 3.27. The predicted molar refractivity (Wildman–Crippen MR) is 89.4 cm³/mol. The molecule has 20 heavy (non-hydrogen) atoms. The Morgan fingerprint density at radius 1 is 1.05 bits per heavy atom. The maximum atomic E-state index is 11.1. The minimum absolute atomic E-state index is 0.517. The van der Waals surface area contributed by atoms with Crippen LogP contribution in [0.2, 0.25) is 0 Å². The van der Waals surface area contributed by atoms with Crippen LogP contribution in [0, 0.1) is 11.8 Å². The molecule has 1 heterocycles. The van der Waals surface area contributed by atoms with Crippen molar-refractivity contribution in [3.63, 3.8) is 0 Å². The first-order valence-corrected chi connectivity index (χ1v) is 8.45. The number of hydrogen-bond donors (Lipinski definition) is 1. The van der Waals surface area contributed by atoms with Crippen molar-refractivity contribution in [1.29, 1.82) is 0 Å². The molecule has 2 rings (SSSR count). The van der Waals surface area contributed by atoms with Gasteiger partial charge in [-0.3, -0.25) is 0 Å². The Morgan fingerprint density at radius 3 is 2.25 bits per heavy atom. The lowest BCUT2D eigenvalue weighted by Crippen LogP contribution is -2.34. The Bertz CT molecular complexity index is 543. The van der Waals surface area contributed by atoms with Crippen LogP contribution in [0.15, 0.2) is 29.6 Å². The summed E-state index contributed by atoms with van der Waals surface area (Å²) in [5, 5.41) is 14.6. The van der Waals surface area contributed by atoms with E-state index in [-0.39, 0.29) is 0 Å². The summed E-state index contributed by atoms with van der Waals surface area (Å²) in [5.41, 5.74) is 0.723. The van der Waals surface area contributed by atoms with Crippen molar-refractivity contribution >= 4 is 21.4 Å². The molecule has 1 aromatic heterocycles. The molecule has 2 heteroatoms. The van der Waals surface area contributed by atoms with Crippen molar-refractivity contribution in [3.8, 4) is 0 Å². The molecule has 0 saturated heterocycles. The molecule has 0 aliphatic heterocycles. The second-order valence-corrected chi connectivity index (χ2v) is 7.77. The van der Waals surface area contributed by atoms with Gasteiger partial charge in [0.05, 0.1) is 5.60 Å². The van der Waals surface area contributed by atoms with E-state index < -0.39 is 5.60 Å². The minimum Gasteiger partial charge on any atom is -0.390 e. The maximum absolute atomic E-state index is 11.1. The molecule has 0 fully saturated rings. The largest absolute Gasteiger partial charge is 0.390 e. The van der Waals surface area contributed by atoms with E-state index in [0.717, 1.165) is 19.3 Å². The normalized spacial score (nSPS) is 12.8. The zero-order valence-electron chi connectivity index (χ0n) is 13.0. The molecule has 0 spiro atoms. The van der Waals surface area contributed by atoms with Crippen molar-refractivity contribution in [2.24, 2.45) is 11.8 Å². The van der Waals surface area contributed by atoms with Gasteiger partial charge in [-0.15, -0.1) is 11.3 Å². The summed E-state index contributed by atoms with van der Waals surface area (Å²) in [6.07, 6.45) is 2.51. The summed E-state index contributed by atoms with van der Waals surface area (Å²) >= 11 is 1.78. The lowest BCUT2D eigenvalue weighted by atomic mass is 9.80. The van der Waals surface area contributed by atoms with Crippen LogP contribution in [-0.2, 0) is 6.42 Å². The SMILES string of the molecule is CC(C)CC(O)(Cc1csc2ccccc12)CC(C)C. The van der Waals surface area contributed by atoms with Gasteiger partial charge < -0.3 is 5.11 Å². The summed E-state index contributed by atoms with van der Waals surface area (Å²) in [4.78, 5) is 0. The van der Waals surface area contributed by atoms with Gasteiger partial charge >= 0.3 is 0 Å². The van der Waals surface area contributed by atoms with Crippen LogP contribution in [-0.4, -0.2) is 10.7 Å². The molecular weight excluding hydrogens is 264 g/mol. The fourth-order valence-corrected chi connectivity index (χ4v) is 4.23. The third-order valence-corrected chi connectivity index (χ3v) is 4.67. The standard InChI is InChI=1S/C18H26OS/c1-13(2)9-18(19,10-14(3)4)11-15-12-20-17-8-6-5-7-16(15)17/h5-8,12-14,19H,9-11H2,1-4H3. The van der Waals surface area contributed by atoms with Crippen LogP contribution in [0.5, 0.6) is 0 Å². The van der Waals surface area contributed by atoms with Gasteiger partial charge in [-0.2, -0.15) is 0 Å². The fraction of sp³-hybridized carbons (Fsp3) is 0.556. The Balaban J connectivity index is 2.27. The van der Waals surface area contributed by atoms with E-state index >= 15 is 0 Å². The first-order chi connectivity index (χ1) is 9.39. The second kappa shape index (κ2) is 6.28. The number of benzene rings is 1. The zero-order chi connectivity index (χ0) is 14.8. The molecule has 0 radical (unpaired) electrons. The van der Waals surface area contributed by atoms with Gasteiger partial charge in [-0.1, -0.05) is 45.9 Å². The Kier molecular flexibility index (Phi) is 4.87. The molecule has 110 valence electrons. The number of rotatable bonds is 6. The van der Waals surface area contributed by atoms with E-state index in [0.29, 0.717) is 11.8 Å². The van der Waals surface area contributed by atoms with Crippen molar-refractivity contribution in [1.82, 2.24) is 0 Å². The third kappa shape index (κ3) is 3.83. The van der Waals surface area contributed by atoms with Crippen LogP contribution >= 0.6 is 11.3 Å². The third-order valence-electron chi connectivity index (χ3n) is 3.66. The number of thiophene rings is 1. The highest BCUT2D eigenvalue weighted by atomic mass is 32.1. The number of hydrogen-bond acceptors (Lipinski definition) is 2. The first kappa shape index (κ1) is 15.5. The van der Waals surface area contributed by atoms with Gasteiger partial charge in [0.2, 0.25) is 0 Å². The van der Waals surface area contributed by atoms with E-state index in [9.17, 15) is 5.11 Å². The monoisotopic (exact) mass is 290 g/mol. The molecule has 2 aromatic rings. The van der Waals surface area contributed by atoms with Crippen molar-refractivity contribution in [3.05, 3.63) is 35.2 Å². The Hall–Kier alpha value is -0.860. The van der Waals surface area contributed by atoms with E-state index in [1.165, 1.54) is 15.6 Å². The van der Waals surface area contributed by atoms with Crippen molar-refractivity contribution in [2.75, 3.05) is 0 Å². The van der Waals surface area contributed by atoms with Crippen molar-refractivity contribution in [2.45, 2.75) is 52.6 Å². The lowest BCUT2D eigenvalue weighted by Gasteiger charge is -2.31. The molecule has 1 nitrogen and oxygen atoms in total. The molecule has 0 unspecified atom stereocenters. The molecule has 0 saturated carbocycles. The van der Waals surface area contributed by atoms with Crippen LogP contribution in [0.3, 0.4) is 0 Å². The summed E-state index contributed by atoms with van der Waals surface area (Å²) in [5.74, 6) is 1.03. The quantitative estimate of drug-likeness (QED) is 0.768. The maximum Gasteiger partial charge on any atom is 0.0693 e. The summed E-state index contributed by atoms with van der Waals surface area (Å²) < 4.78 is 1.32. The molecule has 0 amide bonds. The van der Waals surface area contributed by atoms with Crippen LogP contribution < -0.4 is 0 Å². The highest BCUT2D eigenvalue weighted by molar-refractivity contribution is 7.17. The molecule has 0 aliphatic carbocycles. The van der Waals surface area contributed by atoms with Crippen molar-refractivity contribution < 1.29 is 5.11 Å². The molecule has 1 aromatic carbocycles. The second-order valence-electron chi connectivity index (χ2n) is 6.85. The van der Waals surface area contributed by atoms with Crippen LogP contribution in [0.4, 0.5) is 0 Å². The van der Waals surface area contributed by atoms with E-state index in [1.807, 2.05) is 0 Å². The number of aliphatic hydroxyl groups is 1. The first-order valence-electron chi connectivity index (χ1n) is 7.57. The summed E-state index contributed by atoms with van der Waals surface area (Å²) in [6.45, 7) is 8.77. The summed E-state index contributed by atoms with van der Waals surface area (Å²) in [6, 6.07) is 8.50. The van der Waals surface area contributed by atoms with Gasteiger partial charge in [0.25, 0.3) is 0 Å². The molecular formula is C18H26OS. The smallest absolute Gasteiger partial charge is 0.0693 e. The molecule has 0 aliphatic rings. The van der Waals surface area contributed by atoms with Gasteiger partial charge in [-0.25, -0.2) is 0 Å². The molecule has 0 bridgehead atoms. The van der Waals surface area contributed by atoms with Gasteiger partial charge in [0.1, 0.15) is 0 Å². The van der Waals surface area contributed by atoms with Gasteiger partial charge in [-0.05, 0) is 47.1 Å². The van der Waals surface area contributed by atoms with Crippen LogP contribution in [0.25, 0.3) is 10.1 Å². The topological polar surface area (TPSA) is 20.2 Å². The van der Waals surface area contributed by atoms with E-state index in [1.54, 1.807) is 11.3 Å². The summed E-state index contributed by atoms with van der Waals surface area (Å²) in [7, 11) is 0.